The van der Waals surface area contributed by atoms with Crippen molar-refractivity contribution >= 4 is 11.3 Å². The Bertz CT molecular complexity index is 476. The Morgan fingerprint density at radius 3 is 2.81 bits per heavy atom. The van der Waals surface area contributed by atoms with Gasteiger partial charge in [0.25, 0.3) is 0 Å². The zero-order chi connectivity index (χ0) is 11.5. The second-order valence-electron chi connectivity index (χ2n) is 3.96. The van der Waals surface area contributed by atoms with E-state index < -0.39 is 0 Å². The van der Waals surface area contributed by atoms with Crippen molar-refractivity contribution in [3.63, 3.8) is 0 Å². The maximum Gasteiger partial charge on any atom is 0.0383 e. The second-order valence-corrected chi connectivity index (χ2v) is 5.08. The lowest BCUT2D eigenvalue weighted by Gasteiger charge is -2.05. The van der Waals surface area contributed by atoms with E-state index in [9.17, 15) is 0 Å². The van der Waals surface area contributed by atoms with Crippen molar-refractivity contribution < 1.29 is 0 Å². The van der Waals surface area contributed by atoms with Gasteiger partial charge in [-0.1, -0.05) is 0 Å². The van der Waals surface area contributed by atoms with Crippen LogP contribution in [0.1, 0.15) is 23.4 Å². The summed E-state index contributed by atoms with van der Waals surface area (Å²) >= 11 is 1.82. The van der Waals surface area contributed by atoms with E-state index in [4.69, 9.17) is 0 Å². The van der Waals surface area contributed by atoms with Crippen LogP contribution in [-0.4, -0.2) is 12.0 Å². The molecule has 0 aromatic carbocycles. The maximum absolute atomic E-state index is 4.23. The fourth-order valence-electron chi connectivity index (χ4n) is 1.57. The van der Waals surface area contributed by atoms with Crippen LogP contribution < -0.4 is 5.32 Å². The predicted molar refractivity (Wildman–Crippen MR) is 69.8 cm³/mol. The van der Waals surface area contributed by atoms with Crippen LogP contribution in [0.2, 0.25) is 0 Å². The van der Waals surface area contributed by atoms with Crippen LogP contribution in [-0.2, 0) is 0 Å². The van der Waals surface area contributed by atoms with Crippen LogP contribution in [0.3, 0.4) is 0 Å². The monoisotopic (exact) mass is 232 g/mol. The highest BCUT2D eigenvalue weighted by atomic mass is 32.1. The number of pyridine rings is 1. The molecule has 0 aliphatic heterocycles. The standard InChI is InChI=1S/C13H16N2S/c1-9-6-11(8-15-7-9)13-5-4-12(16-13)10(2)14-3/h4-8,10,14H,1-3H3. The summed E-state index contributed by atoms with van der Waals surface area (Å²) in [5.41, 5.74) is 2.41. The smallest absolute Gasteiger partial charge is 0.0383 e. The number of hydrogen-bond donors (Lipinski definition) is 1. The van der Waals surface area contributed by atoms with Crippen molar-refractivity contribution in [3.8, 4) is 10.4 Å². The van der Waals surface area contributed by atoms with Crippen molar-refractivity contribution in [2.24, 2.45) is 0 Å². The van der Waals surface area contributed by atoms with Crippen molar-refractivity contribution in [2.45, 2.75) is 19.9 Å². The molecule has 0 aliphatic carbocycles. The van der Waals surface area contributed by atoms with Crippen LogP contribution in [0.15, 0.2) is 30.6 Å². The number of aryl methyl sites for hydroxylation is 1. The Balaban J connectivity index is 2.31. The van der Waals surface area contributed by atoms with Crippen molar-refractivity contribution in [1.82, 2.24) is 10.3 Å². The van der Waals surface area contributed by atoms with E-state index in [1.807, 2.05) is 30.8 Å². The van der Waals surface area contributed by atoms with Gasteiger partial charge in [-0.15, -0.1) is 11.3 Å². The number of nitrogens with zero attached hydrogens (tertiary/aromatic N) is 1. The SMILES string of the molecule is CNC(C)c1ccc(-c2cncc(C)c2)s1. The van der Waals surface area contributed by atoms with Crippen LogP contribution in [0.25, 0.3) is 10.4 Å². The summed E-state index contributed by atoms with van der Waals surface area (Å²) in [6.07, 6.45) is 3.81. The average molecular weight is 232 g/mol. The Morgan fingerprint density at radius 1 is 1.31 bits per heavy atom. The minimum absolute atomic E-state index is 0.413. The molecule has 84 valence electrons. The zero-order valence-corrected chi connectivity index (χ0v) is 10.6. The summed E-state index contributed by atoms with van der Waals surface area (Å²) in [4.78, 5) is 6.87. The lowest BCUT2D eigenvalue weighted by molar-refractivity contribution is 0.664. The van der Waals surface area contributed by atoms with Crippen LogP contribution in [0, 0.1) is 6.92 Å². The topological polar surface area (TPSA) is 24.9 Å². The molecule has 0 saturated carbocycles. The molecule has 0 spiro atoms. The molecule has 2 aromatic rings. The summed E-state index contributed by atoms with van der Waals surface area (Å²) in [5.74, 6) is 0. The predicted octanol–water partition coefficient (Wildman–Crippen LogP) is 3.40. The molecule has 0 fully saturated rings. The van der Waals surface area contributed by atoms with Gasteiger partial charge in [0.15, 0.2) is 0 Å². The molecule has 2 rings (SSSR count). The van der Waals surface area contributed by atoms with Gasteiger partial charge in [0, 0.05) is 33.8 Å². The summed E-state index contributed by atoms with van der Waals surface area (Å²) in [7, 11) is 1.98. The molecule has 0 saturated heterocycles. The van der Waals surface area contributed by atoms with E-state index in [1.165, 1.54) is 20.9 Å². The molecule has 0 bridgehead atoms. The van der Waals surface area contributed by atoms with E-state index in [2.05, 4.69) is 42.3 Å². The highest BCUT2D eigenvalue weighted by Crippen LogP contribution is 2.31. The Kier molecular flexibility index (Phi) is 3.36. The van der Waals surface area contributed by atoms with Gasteiger partial charge in [-0.2, -0.15) is 0 Å². The van der Waals surface area contributed by atoms with Crippen LogP contribution >= 0.6 is 11.3 Å². The Labute approximate surface area is 100 Å². The number of thiophene rings is 1. The van der Waals surface area contributed by atoms with Gasteiger partial charge in [-0.3, -0.25) is 4.98 Å². The van der Waals surface area contributed by atoms with Crippen LogP contribution in [0.5, 0.6) is 0 Å². The molecule has 0 aliphatic rings. The molecule has 1 unspecified atom stereocenters. The molecule has 3 heteroatoms. The maximum atomic E-state index is 4.23. The molecular formula is C13H16N2S. The third-order valence-electron chi connectivity index (χ3n) is 2.65. The normalized spacial score (nSPS) is 12.7. The molecule has 1 N–H and O–H groups in total. The highest BCUT2D eigenvalue weighted by molar-refractivity contribution is 7.15. The minimum atomic E-state index is 0.413. The molecule has 2 heterocycles. The Hall–Kier alpha value is -1.19. The molecule has 2 aromatic heterocycles. The molecule has 0 amide bonds. The van der Waals surface area contributed by atoms with Gasteiger partial charge >= 0.3 is 0 Å². The van der Waals surface area contributed by atoms with E-state index in [1.54, 1.807) is 0 Å². The number of rotatable bonds is 3. The quantitative estimate of drug-likeness (QED) is 0.877. The number of nitrogens with one attached hydrogen (secondary N) is 1. The fourth-order valence-corrected chi connectivity index (χ4v) is 2.62. The first-order chi connectivity index (χ1) is 7.70. The summed E-state index contributed by atoms with van der Waals surface area (Å²) < 4.78 is 0. The van der Waals surface area contributed by atoms with Gasteiger partial charge in [0.1, 0.15) is 0 Å². The first-order valence-corrected chi connectivity index (χ1v) is 6.21. The number of aromatic nitrogens is 1. The van der Waals surface area contributed by atoms with E-state index in [0.717, 1.165) is 0 Å². The molecule has 16 heavy (non-hydrogen) atoms. The van der Waals surface area contributed by atoms with Gasteiger partial charge in [0.05, 0.1) is 0 Å². The van der Waals surface area contributed by atoms with E-state index in [-0.39, 0.29) is 0 Å². The number of hydrogen-bond acceptors (Lipinski definition) is 3. The Morgan fingerprint density at radius 2 is 2.12 bits per heavy atom. The molecule has 2 nitrogen and oxygen atoms in total. The first kappa shape index (κ1) is 11.3. The lowest BCUT2D eigenvalue weighted by Crippen LogP contribution is -2.10. The minimum Gasteiger partial charge on any atom is -0.313 e. The third kappa shape index (κ3) is 2.31. The van der Waals surface area contributed by atoms with Crippen molar-refractivity contribution in [3.05, 3.63) is 41.0 Å². The van der Waals surface area contributed by atoms with Gasteiger partial charge < -0.3 is 5.32 Å². The van der Waals surface area contributed by atoms with E-state index >= 15 is 0 Å². The molecule has 0 radical (unpaired) electrons. The van der Waals surface area contributed by atoms with Crippen molar-refractivity contribution in [2.75, 3.05) is 7.05 Å². The summed E-state index contributed by atoms with van der Waals surface area (Å²) in [6, 6.07) is 6.94. The summed E-state index contributed by atoms with van der Waals surface area (Å²) in [6.45, 7) is 4.24. The van der Waals surface area contributed by atoms with E-state index in [0.29, 0.717) is 6.04 Å². The second kappa shape index (κ2) is 4.76. The van der Waals surface area contributed by atoms with Gasteiger partial charge in [0.2, 0.25) is 0 Å². The largest absolute Gasteiger partial charge is 0.313 e. The van der Waals surface area contributed by atoms with Crippen molar-refractivity contribution in [1.29, 1.82) is 0 Å². The fraction of sp³-hybridized carbons (Fsp3) is 0.308. The average Bonchev–Trinajstić information content (AvgIpc) is 2.77. The highest BCUT2D eigenvalue weighted by Gasteiger charge is 2.07. The lowest BCUT2D eigenvalue weighted by atomic mass is 10.2. The van der Waals surface area contributed by atoms with Gasteiger partial charge in [-0.25, -0.2) is 0 Å². The molecule has 1 atom stereocenters. The first-order valence-electron chi connectivity index (χ1n) is 5.39. The van der Waals surface area contributed by atoms with Gasteiger partial charge in [-0.05, 0) is 44.7 Å². The van der Waals surface area contributed by atoms with Crippen LogP contribution in [0.4, 0.5) is 0 Å². The zero-order valence-electron chi connectivity index (χ0n) is 9.82. The molecular weight excluding hydrogens is 216 g/mol. The summed E-state index contributed by atoms with van der Waals surface area (Å²) in [5, 5.41) is 3.25. The third-order valence-corrected chi connectivity index (χ3v) is 3.96.